The molecule has 2 amide bonds. The van der Waals surface area contributed by atoms with Crippen LogP contribution < -0.4 is 16.4 Å². The van der Waals surface area contributed by atoms with E-state index in [1.165, 1.54) is 31.5 Å². The van der Waals surface area contributed by atoms with Crippen molar-refractivity contribution < 1.29 is 18.5 Å². The zero-order valence-electron chi connectivity index (χ0n) is 16.8. The number of allylic oxidation sites excluding steroid dienone is 1. The minimum absolute atomic E-state index is 0.00791. The Balaban J connectivity index is 1.63. The summed E-state index contributed by atoms with van der Waals surface area (Å²) in [4.78, 5) is 32.4. The molecular formula is C21H18FN7O3. The second kappa shape index (κ2) is 8.02. The number of carbonyl (C=O) groups is 2. The molecule has 1 aromatic carbocycles. The number of rotatable bonds is 7. The van der Waals surface area contributed by atoms with Gasteiger partial charge in [-0.3, -0.25) is 15.0 Å². The van der Waals surface area contributed by atoms with E-state index in [0.29, 0.717) is 17.0 Å². The van der Waals surface area contributed by atoms with E-state index < -0.39 is 17.2 Å². The van der Waals surface area contributed by atoms with Crippen LogP contribution >= 0.6 is 0 Å². The Kier molecular flexibility index (Phi) is 5.23. The Bertz CT molecular complexity index is 1260. The third-order valence-electron chi connectivity index (χ3n) is 5.18. The summed E-state index contributed by atoms with van der Waals surface area (Å²) in [6.45, 7) is 1.52. The standard InChI is InChI=1S/C21H18FN7O3/c1-21(19(24)30)12-10-26-18(27-17(12)28-20(21)31)14(23)8-16(15-6-7-32-29-15)25-9-11-4-2-3-5-13(11)22/h2-8,10,23,25H,9H2,1H3,(H2,24,30)(H,26,27,28,31)/b16-8-,23-14?. The number of primary amides is 1. The average molecular weight is 435 g/mol. The number of benzene rings is 1. The van der Waals surface area contributed by atoms with E-state index in [1.807, 2.05) is 0 Å². The van der Waals surface area contributed by atoms with Gasteiger partial charge in [-0.05, 0) is 19.1 Å². The summed E-state index contributed by atoms with van der Waals surface area (Å²) in [5.74, 6) is -1.70. The Hall–Kier alpha value is -4.41. The number of amides is 2. The van der Waals surface area contributed by atoms with E-state index in [4.69, 9.17) is 15.7 Å². The Labute approximate surface area is 181 Å². The van der Waals surface area contributed by atoms with Crippen LogP contribution in [0, 0.1) is 11.2 Å². The number of fused-ring (bicyclic) bond motifs is 1. The van der Waals surface area contributed by atoms with Crippen LogP contribution in [0.25, 0.3) is 5.70 Å². The van der Waals surface area contributed by atoms with Crippen LogP contribution in [0.1, 0.15) is 29.6 Å². The molecule has 5 N–H and O–H groups in total. The molecule has 0 saturated carbocycles. The molecular weight excluding hydrogens is 417 g/mol. The molecule has 32 heavy (non-hydrogen) atoms. The number of nitrogens with one attached hydrogen (secondary N) is 3. The third kappa shape index (κ3) is 3.60. The summed E-state index contributed by atoms with van der Waals surface area (Å²) in [5, 5.41) is 17.8. The number of nitrogens with zero attached hydrogens (tertiary/aromatic N) is 3. The van der Waals surface area contributed by atoms with Crippen LogP contribution in [0.5, 0.6) is 0 Å². The zero-order chi connectivity index (χ0) is 22.9. The third-order valence-corrected chi connectivity index (χ3v) is 5.18. The monoisotopic (exact) mass is 435 g/mol. The number of nitrogens with two attached hydrogens (primary N) is 1. The molecule has 1 atom stereocenters. The second-order valence-electron chi connectivity index (χ2n) is 7.20. The predicted octanol–water partition coefficient (Wildman–Crippen LogP) is 1.50. The van der Waals surface area contributed by atoms with Crippen molar-refractivity contribution in [2.24, 2.45) is 5.73 Å². The van der Waals surface area contributed by atoms with Crippen LogP contribution in [-0.2, 0) is 21.5 Å². The molecule has 3 heterocycles. The summed E-state index contributed by atoms with van der Waals surface area (Å²) in [7, 11) is 0. The first-order valence-corrected chi connectivity index (χ1v) is 9.48. The van der Waals surface area contributed by atoms with Crippen molar-refractivity contribution in [3.05, 3.63) is 77.3 Å². The van der Waals surface area contributed by atoms with Crippen molar-refractivity contribution in [2.75, 3.05) is 5.32 Å². The van der Waals surface area contributed by atoms with E-state index in [2.05, 4.69) is 25.8 Å². The summed E-state index contributed by atoms with van der Waals surface area (Å²) in [5.41, 5.74) is 5.12. The molecule has 162 valence electrons. The van der Waals surface area contributed by atoms with Crippen molar-refractivity contribution in [1.29, 1.82) is 5.41 Å². The van der Waals surface area contributed by atoms with Gasteiger partial charge in [0.15, 0.2) is 11.2 Å². The number of hydrogen-bond donors (Lipinski definition) is 4. The number of hydrogen-bond acceptors (Lipinski definition) is 8. The van der Waals surface area contributed by atoms with Crippen LogP contribution in [0.2, 0.25) is 0 Å². The highest BCUT2D eigenvalue weighted by Gasteiger charge is 2.49. The fourth-order valence-electron chi connectivity index (χ4n) is 3.18. The first-order valence-electron chi connectivity index (χ1n) is 9.48. The van der Waals surface area contributed by atoms with Crippen molar-refractivity contribution in [2.45, 2.75) is 18.9 Å². The largest absolute Gasteiger partial charge is 0.379 e. The molecule has 0 bridgehead atoms. The van der Waals surface area contributed by atoms with Gasteiger partial charge < -0.3 is 20.9 Å². The normalized spacial score (nSPS) is 17.6. The molecule has 0 aliphatic carbocycles. The van der Waals surface area contributed by atoms with Crippen molar-refractivity contribution in [1.82, 2.24) is 20.4 Å². The highest BCUT2D eigenvalue weighted by Crippen LogP contribution is 2.35. The Morgan fingerprint density at radius 2 is 2.16 bits per heavy atom. The van der Waals surface area contributed by atoms with Gasteiger partial charge in [0.05, 0.1) is 5.70 Å². The van der Waals surface area contributed by atoms with Gasteiger partial charge in [-0.1, -0.05) is 23.4 Å². The maximum absolute atomic E-state index is 14.0. The van der Waals surface area contributed by atoms with Gasteiger partial charge in [0.1, 0.15) is 29.3 Å². The lowest BCUT2D eigenvalue weighted by Gasteiger charge is -2.16. The molecule has 1 aliphatic heterocycles. The Morgan fingerprint density at radius 3 is 2.84 bits per heavy atom. The minimum Gasteiger partial charge on any atom is -0.379 e. The van der Waals surface area contributed by atoms with E-state index in [-0.39, 0.29) is 35.3 Å². The first kappa shape index (κ1) is 20.8. The van der Waals surface area contributed by atoms with Gasteiger partial charge in [0.2, 0.25) is 11.8 Å². The molecule has 3 aromatic rings. The van der Waals surface area contributed by atoms with Crippen LogP contribution in [-0.4, -0.2) is 32.7 Å². The maximum Gasteiger partial charge on any atom is 0.245 e. The summed E-state index contributed by atoms with van der Waals surface area (Å²) in [6, 6.07) is 7.88. The van der Waals surface area contributed by atoms with E-state index in [0.717, 1.165) is 0 Å². The molecule has 0 radical (unpaired) electrons. The topological polar surface area (TPSA) is 160 Å². The van der Waals surface area contributed by atoms with Gasteiger partial charge >= 0.3 is 0 Å². The smallest absolute Gasteiger partial charge is 0.245 e. The lowest BCUT2D eigenvalue weighted by Crippen LogP contribution is -2.44. The van der Waals surface area contributed by atoms with E-state index in [1.54, 1.807) is 24.3 Å². The number of halogens is 1. The lowest BCUT2D eigenvalue weighted by molar-refractivity contribution is -0.131. The van der Waals surface area contributed by atoms with E-state index >= 15 is 0 Å². The first-order chi connectivity index (χ1) is 15.3. The molecule has 0 fully saturated rings. The molecule has 0 spiro atoms. The van der Waals surface area contributed by atoms with Crippen LogP contribution in [0.15, 0.2) is 53.4 Å². The quantitative estimate of drug-likeness (QED) is 0.323. The molecule has 10 nitrogen and oxygen atoms in total. The highest BCUT2D eigenvalue weighted by atomic mass is 19.1. The summed E-state index contributed by atoms with van der Waals surface area (Å²) >= 11 is 0. The number of aromatic nitrogens is 3. The van der Waals surface area contributed by atoms with Crippen LogP contribution in [0.4, 0.5) is 10.2 Å². The van der Waals surface area contributed by atoms with Crippen molar-refractivity contribution in [3.8, 4) is 0 Å². The fraction of sp³-hybridized carbons (Fsp3) is 0.143. The Morgan fingerprint density at radius 1 is 1.38 bits per heavy atom. The summed E-state index contributed by atoms with van der Waals surface area (Å²) < 4.78 is 18.8. The fourth-order valence-corrected chi connectivity index (χ4v) is 3.18. The predicted molar refractivity (Wildman–Crippen MR) is 112 cm³/mol. The molecule has 2 aromatic heterocycles. The average Bonchev–Trinajstić information content (AvgIpc) is 3.39. The number of carbonyl (C=O) groups excluding carboxylic acids is 2. The van der Waals surface area contributed by atoms with Crippen LogP contribution in [0.3, 0.4) is 0 Å². The molecule has 1 unspecified atom stereocenters. The number of anilines is 1. The van der Waals surface area contributed by atoms with Gasteiger partial charge in [0, 0.05) is 29.9 Å². The van der Waals surface area contributed by atoms with Crippen molar-refractivity contribution >= 4 is 29.0 Å². The van der Waals surface area contributed by atoms with Gasteiger partial charge in [0.25, 0.3) is 0 Å². The zero-order valence-corrected chi connectivity index (χ0v) is 16.8. The van der Waals surface area contributed by atoms with E-state index in [9.17, 15) is 14.0 Å². The SMILES string of the molecule is CC1(C(N)=O)C(=O)Nc2nc(C(=N)/C=C(\NCc3ccccc3F)c3ccon3)ncc21. The molecule has 1 aliphatic rings. The lowest BCUT2D eigenvalue weighted by atomic mass is 9.84. The molecule has 4 rings (SSSR count). The van der Waals surface area contributed by atoms with Crippen molar-refractivity contribution in [3.63, 3.8) is 0 Å². The maximum atomic E-state index is 14.0. The highest BCUT2D eigenvalue weighted by molar-refractivity contribution is 6.19. The molecule has 11 heteroatoms. The second-order valence-corrected chi connectivity index (χ2v) is 7.20. The van der Waals surface area contributed by atoms with Gasteiger partial charge in [-0.15, -0.1) is 0 Å². The summed E-state index contributed by atoms with van der Waals surface area (Å²) in [6.07, 6.45) is 4.07. The minimum atomic E-state index is -1.58. The van der Waals surface area contributed by atoms with Gasteiger partial charge in [-0.25, -0.2) is 14.4 Å². The van der Waals surface area contributed by atoms with Gasteiger partial charge in [-0.2, -0.15) is 0 Å². The molecule has 0 saturated heterocycles.